The van der Waals surface area contributed by atoms with Crippen LogP contribution in [-0.4, -0.2) is 36.1 Å². The molecule has 2 heterocycles. The summed E-state index contributed by atoms with van der Waals surface area (Å²) in [6.45, 7) is 9.61. The molecule has 0 atom stereocenters. The van der Waals surface area contributed by atoms with Gasteiger partial charge in [-0.2, -0.15) is 0 Å². The smallest absolute Gasteiger partial charge is 0.198 e. The van der Waals surface area contributed by atoms with Gasteiger partial charge in [0.05, 0.1) is 0 Å². The maximum absolute atomic E-state index is 5.82. The third kappa shape index (κ3) is 2.80. The van der Waals surface area contributed by atoms with Crippen LogP contribution in [0.5, 0.6) is 0 Å². The Morgan fingerprint density at radius 2 is 2.11 bits per heavy atom. The van der Waals surface area contributed by atoms with Crippen molar-refractivity contribution in [2.45, 2.75) is 26.3 Å². The van der Waals surface area contributed by atoms with Gasteiger partial charge in [0.1, 0.15) is 5.52 Å². The van der Waals surface area contributed by atoms with E-state index < -0.39 is 0 Å². The molecule has 0 spiro atoms. The number of oxazole rings is 1. The standard InChI is InChI=1S/C15H21N3O/c1-11(2)15-17-13-4-3-12(9-14(13)19-15)10-18-7-5-16-6-8-18/h3-4,9,11,16H,5-8,10H2,1-2H3. The van der Waals surface area contributed by atoms with Crippen molar-refractivity contribution in [1.29, 1.82) is 0 Å². The van der Waals surface area contributed by atoms with E-state index in [2.05, 4.69) is 47.2 Å². The summed E-state index contributed by atoms with van der Waals surface area (Å²) in [6, 6.07) is 6.37. The number of hydrogen-bond acceptors (Lipinski definition) is 4. The Hall–Kier alpha value is -1.39. The quantitative estimate of drug-likeness (QED) is 0.918. The van der Waals surface area contributed by atoms with Gasteiger partial charge in [-0.15, -0.1) is 0 Å². The van der Waals surface area contributed by atoms with Gasteiger partial charge in [0.25, 0.3) is 0 Å². The summed E-state index contributed by atoms with van der Waals surface area (Å²) in [7, 11) is 0. The van der Waals surface area contributed by atoms with Crippen molar-refractivity contribution in [1.82, 2.24) is 15.2 Å². The molecule has 1 N–H and O–H groups in total. The summed E-state index contributed by atoms with van der Waals surface area (Å²) in [4.78, 5) is 6.98. The van der Waals surface area contributed by atoms with E-state index in [1.807, 2.05) is 0 Å². The van der Waals surface area contributed by atoms with Crippen LogP contribution in [0.1, 0.15) is 31.2 Å². The van der Waals surface area contributed by atoms with E-state index in [1.54, 1.807) is 0 Å². The molecule has 1 aromatic heterocycles. The first-order valence-electron chi connectivity index (χ1n) is 7.05. The number of nitrogens with zero attached hydrogens (tertiary/aromatic N) is 2. The van der Waals surface area contributed by atoms with Gasteiger partial charge in [-0.3, -0.25) is 4.90 Å². The minimum absolute atomic E-state index is 0.337. The van der Waals surface area contributed by atoms with Crippen molar-refractivity contribution in [3.05, 3.63) is 29.7 Å². The summed E-state index contributed by atoms with van der Waals surface area (Å²) < 4.78 is 5.82. The normalized spacial score (nSPS) is 17.4. The largest absolute Gasteiger partial charge is 0.440 e. The second-order valence-electron chi connectivity index (χ2n) is 5.54. The molecule has 0 bridgehead atoms. The van der Waals surface area contributed by atoms with E-state index >= 15 is 0 Å². The third-order valence-corrected chi connectivity index (χ3v) is 3.58. The van der Waals surface area contributed by atoms with Crippen LogP contribution in [0, 0.1) is 0 Å². The molecule has 4 heteroatoms. The minimum Gasteiger partial charge on any atom is -0.440 e. The molecule has 0 radical (unpaired) electrons. The molecule has 0 unspecified atom stereocenters. The van der Waals surface area contributed by atoms with Crippen LogP contribution >= 0.6 is 0 Å². The van der Waals surface area contributed by atoms with Gasteiger partial charge in [-0.1, -0.05) is 19.9 Å². The molecule has 1 fully saturated rings. The van der Waals surface area contributed by atoms with Gasteiger partial charge < -0.3 is 9.73 Å². The van der Waals surface area contributed by atoms with Crippen LogP contribution in [0.25, 0.3) is 11.1 Å². The first-order chi connectivity index (χ1) is 9.22. The summed E-state index contributed by atoms with van der Waals surface area (Å²) in [5.74, 6) is 1.17. The monoisotopic (exact) mass is 259 g/mol. The first-order valence-corrected chi connectivity index (χ1v) is 7.05. The lowest BCUT2D eigenvalue weighted by Crippen LogP contribution is -2.42. The summed E-state index contributed by atoms with van der Waals surface area (Å²) in [5, 5.41) is 3.38. The average molecular weight is 259 g/mol. The van der Waals surface area contributed by atoms with Gasteiger partial charge >= 0.3 is 0 Å². The fourth-order valence-electron chi connectivity index (χ4n) is 2.46. The van der Waals surface area contributed by atoms with Gasteiger partial charge in [-0.05, 0) is 17.7 Å². The number of rotatable bonds is 3. The molecule has 0 saturated carbocycles. The van der Waals surface area contributed by atoms with Gasteiger partial charge in [-0.25, -0.2) is 4.98 Å². The van der Waals surface area contributed by atoms with Crippen molar-refractivity contribution in [3.63, 3.8) is 0 Å². The maximum atomic E-state index is 5.82. The predicted molar refractivity (Wildman–Crippen MR) is 76.2 cm³/mol. The van der Waals surface area contributed by atoms with Crippen LogP contribution < -0.4 is 5.32 Å². The fourth-order valence-corrected chi connectivity index (χ4v) is 2.46. The SMILES string of the molecule is CC(C)c1nc2ccc(CN3CCNCC3)cc2o1. The Kier molecular flexibility index (Phi) is 3.53. The van der Waals surface area contributed by atoms with Crippen LogP contribution in [0.2, 0.25) is 0 Å². The Balaban J connectivity index is 1.80. The third-order valence-electron chi connectivity index (χ3n) is 3.58. The molecule has 1 saturated heterocycles. The zero-order valence-corrected chi connectivity index (χ0v) is 11.6. The van der Waals surface area contributed by atoms with Crippen molar-refractivity contribution >= 4 is 11.1 Å². The molecular formula is C15H21N3O. The molecule has 19 heavy (non-hydrogen) atoms. The highest BCUT2D eigenvalue weighted by molar-refractivity contribution is 5.73. The number of aromatic nitrogens is 1. The summed E-state index contributed by atoms with van der Waals surface area (Å²) in [6.07, 6.45) is 0. The molecule has 3 rings (SSSR count). The van der Waals surface area contributed by atoms with E-state index in [9.17, 15) is 0 Å². The molecule has 0 aliphatic carbocycles. The van der Waals surface area contributed by atoms with E-state index in [0.717, 1.165) is 49.7 Å². The first kappa shape index (κ1) is 12.6. The van der Waals surface area contributed by atoms with Crippen LogP contribution in [0.4, 0.5) is 0 Å². The summed E-state index contributed by atoms with van der Waals surface area (Å²) in [5.41, 5.74) is 3.19. The number of nitrogens with one attached hydrogen (secondary N) is 1. The van der Waals surface area contributed by atoms with E-state index in [1.165, 1.54) is 5.56 Å². The van der Waals surface area contributed by atoms with E-state index in [0.29, 0.717) is 5.92 Å². The molecular weight excluding hydrogens is 238 g/mol. The molecule has 1 aliphatic rings. The topological polar surface area (TPSA) is 41.3 Å². The van der Waals surface area contributed by atoms with Gasteiger partial charge in [0, 0.05) is 38.6 Å². The lowest BCUT2D eigenvalue weighted by molar-refractivity contribution is 0.233. The summed E-state index contributed by atoms with van der Waals surface area (Å²) >= 11 is 0. The predicted octanol–water partition coefficient (Wildman–Crippen LogP) is 2.36. The second-order valence-corrected chi connectivity index (χ2v) is 5.54. The average Bonchev–Trinajstić information content (AvgIpc) is 2.83. The maximum Gasteiger partial charge on any atom is 0.198 e. The highest BCUT2D eigenvalue weighted by Crippen LogP contribution is 2.22. The number of fused-ring (bicyclic) bond motifs is 1. The van der Waals surface area contributed by atoms with Crippen molar-refractivity contribution in [2.75, 3.05) is 26.2 Å². The van der Waals surface area contributed by atoms with Crippen molar-refractivity contribution in [2.24, 2.45) is 0 Å². The Morgan fingerprint density at radius 3 is 2.84 bits per heavy atom. The highest BCUT2D eigenvalue weighted by Gasteiger charge is 2.12. The highest BCUT2D eigenvalue weighted by atomic mass is 16.3. The zero-order valence-electron chi connectivity index (χ0n) is 11.6. The van der Waals surface area contributed by atoms with Crippen LogP contribution in [-0.2, 0) is 6.54 Å². The Labute approximate surface area is 113 Å². The molecule has 1 aliphatic heterocycles. The second kappa shape index (κ2) is 5.31. The Bertz CT molecular complexity index is 556. The minimum atomic E-state index is 0.337. The fraction of sp³-hybridized carbons (Fsp3) is 0.533. The van der Waals surface area contributed by atoms with E-state index in [-0.39, 0.29) is 0 Å². The number of hydrogen-bond donors (Lipinski definition) is 1. The Morgan fingerprint density at radius 1 is 1.32 bits per heavy atom. The van der Waals surface area contributed by atoms with Crippen LogP contribution in [0.3, 0.4) is 0 Å². The van der Waals surface area contributed by atoms with E-state index in [4.69, 9.17) is 4.42 Å². The van der Waals surface area contributed by atoms with Crippen molar-refractivity contribution < 1.29 is 4.42 Å². The molecule has 0 amide bonds. The zero-order chi connectivity index (χ0) is 13.2. The molecule has 1 aromatic carbocycles. The van der Waals surface area contributed by atoms with Gasteiger partial charge in [0.15, 0.2) is 11.5 Å². The lowest BCUT2D eigenvalue weighted by Gasteiger charge is -2.27. The number of piperazine rings is 1. The van der Waals surface area contributed by atoms with Crippen molar-refractivity contribution in [3.8, 4) is 0 Å². The molecule has 102 valence electrons. The molecule has 4 nitrogen and oxygen atoms in total. The lowest BCUT2D eigenvalue weighted by atomic mass is 10.2. The number of benzene rings is 1. The molecule has 2 aromatic rings. The van der Waals surface area contributed by atoms with Crippen LogP contribution in [0.15, 0.2) is 22.6 Å². The van der Waals surface area contributed by atoms with Gasteiger partial charge in [0.2, 0.25) is 0 Å².